The van der Waals surface area contributed by atoms with Crippen LogP contribution in [0.2, 0.25) is 0 Å². The molecule has 0 aliphatic carbocycles. The average molecular weight is 520 g/mol. The molecule has 2 aromatic carbocycles. The van der Waals surface area contributed by atoms with E-state index < -0.39 is 5.82 Å². The number of hydrogen-bond donors (Lipinski definition) is 2. The molecule has 2 amide bonds. The fraction of sp³-hybridized carbons (Fsp3) is 0.273. The van der Waals surface area contributed by atoms with Crippen molar-refractivity contribution in [2.45, 2.75) is 38.5 Å². The first-order valence-electron chi connectivity index (χ1n) is 9.97. The third kappa shape index (κ3) is 5.74. The average Bonchev–Trinajstić information content (AvgIpc) is 3.17. The van der Waals surface area contributed by atoms with Crippen LogP contribution in [0, 0.1) is 12.7 Å². The number of rotatable bonds is 8. The number of benzene rings is 2. The van der Waals surface area contributed by atoms with Crippen LogP contribution in [-0.4, -0.2) is 32.3 Å². The van der Waals surface area contributed by atoms with Gasteiger partial charge in [0.1, 0.15) is 5.82 Å². The third-order valence-electron chi connectivity index (χ3n) is 4.72. The van der Waals surface area contributed by atoms with E-state index in [0.717, 1.165) is 5.56 Å². The molecule has 0 unspecified atom stereocenters. The number of carbonyl (C=O) groups excluding carboxylic acids is 2. The van der Waals surface area contributed by atoms with Gasteiger partial charge in [-0.3, -0.25) is 9.59 Å². The van der Waals surface area contributed by atoms with E-state index in [1.54, 1.807) is 12.1 Å². The number of thioether (sulfide) groups is 1. The molecule has 0 radical (unpaired) electrons. The lowest BCUT2D eigenvalue weighted by molar-refractivity contribution is -0.113. The van der Waals surface area contributed by atoms with E-state index in [-0.39, 0.29) is 29.3 Å². The topological polar surface area (TPSA) is 88.9 Å². The fourth-order valence-corrected chi connectivity index (χ4v) is 4.24. The first-order valence-corrected chi connectivity index (χ1v) is 11.7. The van der Waals surface area contributed by atoms with Crippen molar-refractivity contribution in [3.05, 3.63) is 69.7 Å². The highest BCUT2D eigenvalue weighted by atomic mass is 79.9. The summed E-state index contributed by atoms with van der Waals surface area (Å²) in [6.07, 6.45) is 0. The predicted octanol–water partition coefficient (Wildman–Crippen LogP) is 4.73. The number of aromatic nitrogens is 3. The first kappa shape index (κ1) is 23.9. The molecule has 1 atom stereocenters. The zero-order chi connectivity index (χ0) is 23.3. The van der Waals surface area contributed by atoms with E-state index in [0.29, 0.717) is 27.6 Å². The minimum absolute atomic E-state index is 0.0393. The fourth-order valence-electron chi connectivity index (χ4n) is 3.10. The molecule has 3 rings (SSSR count). The van der Waals surface area contributed by atoms with E-state index in [1.165, 1.54) is 23.9 Å². The van der Waals surface area contributed by atoms with Crippen molar-refractivity contribution >= 4 is 45.2 Å². The van der Waals surface area contributed by atoms with Crippen LogP contribution in [0.3, 0.4) is 0 Å². The van der Waals surface area contributed by atoms with Crippen molar-refractivity contribution < 1.29 is 14.0 Å². The van der Waals surface area contributed by atoms with E-state index >= 15 is 0 Å². The Bertz CT molecular complexity index is 1140. The van der Waals surface area contributed by atoms with Gasteiger partial charge in [0.2, 0.25) is 5.91 Å². The maximum Gasteiger partial charge on any atom is 0.252 e. The monoisotopic (exact) mass is 519 g/mol. The summed E-state index contributed by atoms with van der Waals surface area (Å²) in [5.41, 5.74) is 1.61. The largest absolute Gasteiger partial charge is 0.342 e. The van der Waals surface area contributed by atoms with E-state index in [9.17, 15) is 14.0 Å². The maximum absolute atomic E-state index is 13.9. The number of carbonyl (C=O) groups is 2. The molecular formula is C22H23BrFN5O2S. The van der Waals surface area contributed by atoms with Crippen LogP contribution in [0.5, 0.6) is 0 Å². The molecule has 2 N–H and O–H groups in total. The smallest absolute Gasteiger partial charge is 0.252 e. The normalized spacial score (nSPS) is 11.8. The van der Waals surface area contributed by atoms with Crippen LogP contribution in [0.25, 0.3) is 0 Å². The van der Waals surface area contributed by atoms with Gasteiger partial charge >= 0.3 is 0 Å². The van der Waals surface area contributed by atoms with Crippen molar-refractivity contribution in [3.8, 4) is 0 Å². The van der Waals surface area contributed by atoms with Gasteiger partial charge in [-0.15, -0.1) is 10.2 Å². The quantitative estimate of drug-likeness (QED) is 0.420. The molecule has 0 spiro atoms. The zero-order valence-corrected chi connectivity index (χ0v) is 20.3. The summed E-state index contributed by atoms with van der Waals surface area (Å²) in [5, 5.41) is 14.5. The lowest BCUT2D eigenvalue weighted by atomic mass is 10.1. The Morgan fingerprint density at radius 1 is 1.22 bits per heavy atom. The van der Waals surface area contributed by atoms with Crippen molar-refractivity contribution in [2.24, 2.45) is 0 Å². The molecule has 0 aliphatic rings. The number of halogens is 2. The molecule has 1 heterocycles. The van der Waals surface area contributed by atoms with Crippen LogP contribution < -0.4 is 10.6 Å². The SMILES string of the molecule is CCn1c(SCC(=O)Nc2ccc(Br)cc2F)nnc1[C@H](C)NC(=O)c1ccccc1C. The lowest BCUT2D eigenvalue weighted by Gasteiger charge is -2.16. The van der Waals surface area contributed by atoms with Gasteiger partial charge < -0.3 is 15.2 Å². The summed E-state index contributed by atoms with van der Waals surface area (Å²) in [6, 6.07) is 11.4. The second-order valence-corrected chi connectivity index (χ2v) is 8.91. The molecule has 0 saturated carbocycles. The third-order valence-corrected chi connectivity index (χ3v) is 6.18. The summed E-state index contributed by atoms with van der Waals surface area (Å²) in [5.74, 6) is -0.431. The molecule has 10 heteroatoms. The minimum atomic E-state index is -0.519. The highest BCUT2D eigenvalue weighted by Gasteiger charge is 2.21. The summed E-state index contributed by atoms with van der Waals surface area (Å²) >= 11 is 4.38. The Kier molecular flexibility index (Phi) is 8.03. The molecule has 3 aromatic rings. The predicted molar refractivity (Wildman–Crippen MR) is 126 cm³/mol. The van der Waals surface area contributed by atoms with Gasteiger partial charge in [-0.25, -0.2) is 4.39 Å². The van der Waals surface area contributed by atoms with Gasteiger partial charge in [0.05, 0.1) is 17.5 Å². The number of hydrogen-bond acceptors (Lipinski definition) is 5. The van der Waals surface area contributed by atoms with Gasteiger partial charge in [-0.05, 0) is 50.6 Å². The first-order chi connectivity index (χ1) is 15.3. The number of nitrogens with one attached hydrogen (secondary N) is 2. The molecule has 0 aliphatic heterocycles. The second-order valence-electron chi connectivity index (χ2n) is 7.06. The molecule has 0 bridgehead atoms. The summed E-state index contributed by atoms with van der Waals surface area (Å²) in [4.78, 5) is 24.9. The van der Waals surface area contributed by atoms with Crippen LogP contribution in [0.4, 0.5) is 10.1 Å². The van der Waals surface area contributed by atoms with Gasteiger partial charge in [-0.2, -0.15) is 0 Å². The Hall–Kier alpha value is -2.72. The summed E-state index contributed by atoms with van der Waals surface area (Å²) < 4.78 is 16.4. The molecule has 168 valence electrons. The van der Waals surface area contributed by atoms with Gasteiger partial charge in [0.15, 0.2) is 11.0 Å². The zero-order valence-electron chi connectivity index (χ0n) is 17.9. The Labute approximate surface area is 198 Å². The van der Waals surface area contributed by atoms with E-state index in [1.807, 2.05) is 43.5 Å². The van der Waals surface area contributed by atoms with Crippen LogP contribution in [0.1, 0.15) is 41.6 Å². The molecule has 1 aromatic heterocycles. The van der Waals surface area contributed by atoms with E-state index in [4.69, 9.17) is 0 Å². The number of nitrogens with zero attached hydrogens (tertiary/aromatic N) is 3. The Morgan fingerprint density at radius 3 is 2.66 bits per heavy atom. The summed E-state index contributed by atoms with van der Waals surface area (Å²) in [6.45, 7) is 6.22. The molecular weight excluding hydrogens is 497 g/mol. The number of anilines is 1. The van der Waals surface area contributed by atoms with E-state index in [2.05, 4.69) is 36.8 Å². The van der Waals surface area contributed by atoms with Crippen molar-refractivity contribution in [1.29, 1.82) is 0 Å². The molecule has 0 saturated heterocycles. The highest BCUT2D eigenvalue weighted by molar-refractivity contribution is 9.10. The van der Waals surface area contributed by atoms with Crippen LogP contribution in [-0.2, 0) is 11.3 Å². The van der Waals surface area contributed by atoms with Gasteiger partial charge in [-0.1, -0.05) is 45.9 Å². The second kappa shape index (κ2) is 10.7. The Morgan fingerprint density at radius 2 is 1.97 bits per heavy atom. The molecule has 7 nitrogen and oxygen atoms in total. The number of aryl methyl sites for hydroxylation is 1. The van der Waals surface area contributed by atoms with Crippen LogP contribution in [0.15, 0.2) is 52.1 Å². The highest BCUT2D eigenvalue weighted by Crippen LogP contribution is 2.23. The summed E-state index contributed by atoms with van der Waals surface area (Å²) in [7, 11) is 0. The molecule has 0 fully saturated rings. The number of amides is 2. The van der Waals surface area contributed by atoms with Gasteiger partial charge in [0, 0.05) is 16.6 Å². The van der Waals surface area contributed by atoms with Crippen molar-refractivity contribution in [2.75, 3.05) is 11.1 Å². The van der Waals surface area contributed by atoms with Crippen LogP contribution >= 0.6 is 27.7 Å². The van der Waals surface area contributed by atoms with Gasteiger partial charge in [0.25, 0.3) is 5.91 Å². The van der Waals surface area contributed by atoms with Crippen molar-refractivity contribution in [3.63, 3.8) is 0 Å². The molecule has 32 heavy (non-hydrogen) atoms. The standard InChI is InChI=1S/C22H23BrFN5O2S/c1-4-29-20(14(3)25-21(31)16-8-6-5-7-13(16)2)27-28-22(29)32-12-19(30)26-18-10-9-15(23)11-17(18)24/h5-11,14H,4,12H2,1-3H3,(H,25,31)(H,26,30)/t14-/m0/s1. The lowest BCUT2D eigenvalue weighted by Crippen LogP contribution is -2.29. The van der Waals surface area contributed by atoms with Crippen molar-refractivity contribution in [1.82, 2.24) is 20.1 Å². The maximum atomic E-state index is 13.9. The Balaban J connectivity index is 1.64. The minimum Gasteiger partial charge on any atom is -0.342 e.